The van der Waals surface area contributed by atoms with E-state index in [9.17, 15) is 4.79 Å². The molecule has 0 atom stereocenters. The second kappa shape index (κ2) is 7.53. The Morgan fingerprint density at radius 1 is 1.12 bits per heavy atom. The first kappa shape index (κ1) is 17.2. The molecule has 1 spiro atoms. The van der Waals surface area contributed by atoms with E-state index in [-0.39, 0.29) is 6.03 Å². The molecule has 5 nitrogen and oxygen atoms in total. The van der Waals surface area contributed by atoms with E-state index in [1.807, 2.05) is 4.90 Å². The first-order valence-corrected chi connectivity index (χ1v) is 9.12. The van der Waals surface area contributed by atoms with E-state index in [0.29, 0.717) is 13.1 Å². The molecule has 2 amide bonds. The van der Waals surface area contributed by atoms with Crippen molar-refractivity contribution in [3.8, 4) is 0 Å². The van der Waals surface area contributed by atoms with Crippen LogP contribution in [0.15, 0.2) is 18.2 Å². The molecule has 2 aliphatic rings. The molecule has 2 heterocycles. The molecule has 132 valence electrons. The molecule has 0 aliphatic carbocycles. The molecule has 1 aromatic rings. The molecule has 24 heavy (non-hydrogen) atoms. The van der Waals surface area contributed by atoms with Crippen LogP contribution < -0.4 is 5.32 Å². The van der Waals surface area contributed by atoms with Gasteiger partial charge in [0.15, 0.2) is 5.79 Å². The van der Waals surface area contributed by atoms with Crippen molar-refractivity contribution in [1.29, 1.82) is 0 Å². The molecule has 2 fully saturated rings. The maximum atomic E-state index is 12.7. The normalized spacial score (nSPS) is 20.2. The maximum Gasteiger partial charge on any atom is 0.321 e. The van der Waals surface area contributed by atoms with Crippen LogP contribution in [0.2, 0.25) is 0 Å². The van der Waals surface area contributed by atoms with E-state index >= 15 is 0 Å². The van der Waals surface area contributed by atoms with Crippen molar-refractivity contribution in [3.05, 3.63) is 29.3 Å². The lowest BCUT2D eigenvalue weighted by atomic mass is 10.0. The first-order valence-electron chi connectivity index (χ1n) is 9.12. The average molecular weight is 332 g/mol. The number of aryl methyl sites for hydroxylation is 2. The summed E-state index contributed by atoms with van der Waals surface area (Å²) in [4.78, 5) is 14.6. The number of anilines is 1. The molecule has 0 radical (unpaired) electrons. The number of nitrogens with one attached hydrogen (secondary N) is 1. The van der Waals surface area contributed by atoms with Gasteiger partial charge in [0.2, 0.25) is 0 Å². The molecule has 0 unspecified atom stereocenters. The van der Waals surface area contributed by atoms with Crippen LogP contribution in [0.25, 0.3) is 0 Å². The fourth-order valence-corrected chi connectivity index (χ4v) is 3.55. The summed E-state index contributed by atoms with van der Waals surface area (Å²) in [5.74, 6) is -0.453. The third kappa shape index (κ3) is 3.57. The van der Waals surface area contributed by atoms with Crippen molar-refractivity contribution in [3.63, 3.8) is 0 Å². The maximum absolute atomic E-state index is 12.7. The number of likely N-dealkylation sites (tertiary alicyclic amines) is 1. The summed E-state index contributed by atoms with van der Waals surface area (Å²) in [5, 5.41) is 3.15. The molecule has 1 aromatic carbocycles. The Labute approximate surface area is 144 Å². The number of benzene rings is 1. The second-order valence-electron chi connectivity index (χ2n) is 6.54. The Kier molecular flexibility index (Phi) is 5.41. The molecule has 2 aliphatic heterocycles. The van der Waals surface area contributed by atoms with Crippen LogP contribution in [0.3, 0.4) is 0 Å². The Morgan fingerprint density at radius 2 is 1.71 bits per heavy atom. The number of ether oxygens (including phenoxy) is 2. The smallest absolute Gasteiger partial charge is 0.321 e. The highest BCUT2D eigenvalue weighted by Gasteiger charge is 2.39. The number of piperidine rings is 1. The molecule has 3 rings (SSSR count). The van der Waals surface area contributed by atoms with Crippen molar-refractivity contribution in [1.82, 2.24) is 4.90 Å². The highest BCUT2D eigenvalue weighted by Crippen LogP contribution is 2.31. The minimum atomic E-state index is -0.453. The number of urea groups is 1. The van der Waals surface area contributed by atoms with Crippen LogP contribution in [0.5, 0.6) is 0 Å². The SMILES string of the molecule is CCc1cccc(CC)c1NC(=O)N1CCC2(CC1)OCCCO2. The van der Waals surface area contributed by atoms with Crippen molar-refractivity contribution in [2.24, 2.45) is 0 Å². The summed E-state index contributed by atoms with van der Waals surface area (Å²) in [6.07, 6.45) is 4.27. The summed E-state index contributed by atoms with van der Waals surface area (Å²) in [6.45, 7) is 7.09. The average Bonchev–Trinajstić information content (AvgIpc) is 2.63. The standard InChI is InChI=1S/C19H28N2O3/c1-3-15-7-5-8-16(4-2)17(15)20-18(22)21-11-9-19(10-12-21)23-13-6-14-24-19/h5,7-8H,3-4,6,9-14H2,1-2H3,(H,20,22). The number of nitrogens with zero attached hydrogens (tertiary/aromatic N) is 1. The molecule has 0 saturated carbocycles. The minimum Gasteiger partial charge on any atom is -0.350 e. The zero-order chi connectivity index (χ0) is 17.0. The van der Waals surface area contributed by atoms with Gasteiger partial charge in [0.05, 0.1) is 13.2 Å². The topological polar surface area (TPSA) is 50.8 Å². The zero-order valence-electron chi connectivity index (χ0n) is 14.8. The molecule has 1 N–H and O–H groups in total. The van der Waals surface area contributed by atoms with Gasteiger partial charge in [0.1, 0.15) is 0 Å². The van der Waals surface area contributed by atoms with Gasteiger partial charge in [-0.05, 0) is 30.4 Å². The number of para-hydroxylation sites is 1. The number of rotatable bonds is 3. The van der Waals surface area contributed by atoms with Gasteiger partial charge < -0.3 is 19.7 Å². The molecular formula is C19H28N2O3. The monoisotopic (exact) mass is 332 g/mol. The van der Waals surface area contributed by atoms with Crippen molar-refractivity contribution in [2.75, 3.05) is 31.6 Å². The van der Waals surface area contributed by atoms with Gasteiger partial charge in [-0.15, -0.1) is 0 Å². The van der Waals surface area contributed by atoms with Crippen LogP contribution in [0.4, 0.5) is 10.5 Å². The van der Waals surface area contributed by atoms with Crippen molar-refractivity contribution in [2.45, 2.75) is 51.7 Å². The van der Waals surface area contributed by atoms with Crippen LogP contribution in [0, 0.1) is 0 Å². The lowest BCUT2D eigenvalue weighted by Crippen LogP contribution is -2.52. The van der Waals surface area contributed by atoms with E-state index < -0.39 is 5.79 Å². The van der Waals surface area contributed by atoms with E-state index in [0.717, 1.165) is 51.0 Å². The number of hydrogen-bond donors (Lipinski definition) is 1. The predicted octanol–water partition coefficient (Wildman–Crippen LogP) is 3.57. The third-order valence-electron chi connectivity index (χ3n) is 5.06. The minimum absolute atomic E-state index is 0.0174. The van der Waals surface area contributed by atoms with Gasteiger partial charge in [-0.3, -0.25) is 0 Å². The van der Waals surface area contributed by atoms with Crippen molar-refractivity contribution < 1.29 is 14.3 Å². The van der Waals surface area contributed by atoms with Crippen LogP contribution >= 0.6 is 0 Å². The molecule has 0 aromatic heterocycles. The number of carbonyl (C=O) groups excluding carboxylic acids is 1. The highest BCUT2D eigenvalue weighted by molar-refractivity contribution is 5.91. The van der Waals surface area contributed by atoms with E-state index in [1.54, 1.807) is 0 Å². The number of amides is 2. The summed E-state index contributed by atoms with van der Waals surface area (Å²) >= 11 is 0. The summed E-state index contributed by atoms with van der Waals surface area (Å²) in [7, 11) is 0. The lowest BCUT2D eigenvalue weighted by Gasteiger charge is -2.43. The second-order valence-corrected chi connectivity index (χ2v) is 6.54. The van der Waals surface area contributed by atoms with E-state index in [1.165, 1.54) is 11.1 Å². The largest absolute Gasteiger partial charge is 0.350 e. The van der Waals surface area contributed by atoms with E-state index in [2.05, 4.69) is 37.4 Å². The third-order valence-corrected chi connectivity index (χ3v) is 5.06. The number of hydrogen-bond acceptors (Lipinski definition) is 3. The lowest BCUT2D eigenvalue weighted by molar-refractivity contribution is -0.281. The zero-order valence-corrected chi connectivity index (χ0v) is 14.8. The Bertz CT molecular complexity index is 550. The number of carbonyl (C=O) groups is 1. The Balaban J connectivity index is 1.64. The van der Waals surface area contributed by atoms with Gasteiger partial charge in [0, 0.05) is 31.6 Å². The quantitative estimate of drug-likeness (QED) is 0.920. The molecule has 2 saturated heterocycles. The van der Waals surface area contributed by atoms with Crippen LogP contribution in [0.1, 0.15) is 44.2 Å². The highest BCUT2D eigenvalue weighted by atomic mass is 16.7. The van der Waals surface area contributed by atoms with E-state index in [4.69, 9.17) is 9.47 Å². The Hall–Kier alpha value is -1.59. The van der Waals surface area contributed by atoms with Crippen molar-refractivity contribution >= 4 is 11.7 Å². The van der Waals surface area contributed by atoms with Gasteiger partial charge in [-0.25, -0.2) is 4.79 Å². The van der Waals surface area contributed by atoms with Gasteiger partial charge in [-0.2, -0.15) is 0 Å². The summed E-state index contributed by atoms with van der Waals surface area (Å²) in [6, 6.07) is 6.22. The molecule has 5 heteroatoms. The predicted molar refractivity (Wildman–Crippen MR) is 94.3 cm³/mol. The summed E-state index contributed by atoms with van der Waals surface area (Å²) in [5.41, 5.74) is 3.36. The van der Waals surface area contributed by atoms with Crippen LogP contribution in [-0.4, -0.2) is 43.0 Å². The van der Waals surface area contributed by atoms with Crippen LogP contribution in [-0.2, 0) is 22.3 Å². The van der Waals surface area contributed by atoms with Gasteiger partial charge in [0.25, 0.3) is 0 Å². The fraction of sp³-hybridized carbons (Fsp3) is 0.632. The van der Waals surface area contributed by atoms with Gasteiger partial charge >= 0.3 is 6.03 Å². The molecule has 0 bridgehead atoms. The molecular weight excluding hydrogens is 304 g/mol. The van der Waals surface area contributed by atoms with Gasteiger partial charge in [-0.1, -0.05) is 32.0 Å². The fourth-order valence-electron chi connectivity index (χ4n) is 3.55. The summed E-state index contributed by atoms with van der Waals surface area (Å²) < 4.78 is 11.7. The first-order chi connectivity index (χ1) is 11.7. The Morgan fingerprint density at radius 3 is 2.25 bits per heavy atom.